The van der Waals surface area contributed by atoms with Crippen molar-refractivity contribution in [1.29, 1.82) is 0 Å². The Labute approximate surface area is 93.2 Å². The van der Waals surface area contributed by atoms with Gasteiger partial charge in [0, 0.05) is 19.6 Å². The summed E-state index contributed by atoms with van der Waals surface area (Å²) in [6, 6.07) is 0.433. The van der Waals surface area contributed by atoms with Gasteiger partial charge in [-0.05, 0) is 31.6 Å². The molecule has 0 radical (unpaired) electrons. The smallest absolute Gasteiger partial charge is 0.236 e. The molecule has 0 heterocycles. The lowest BCUT2D eigenvalue weighted by Crippen LogP contribution is -2.39. The van der Waals surface area contributed by atoms with Gasteiger partial charge >= 0.3 is 0 Å². The number of carbonyl (C=O) groups is 1. The van der Waals surface area contributed by atoms with Gasteiger partial charge in [-0.2, -0.15) is 0 Å². The third-order valence-corrected chi connectivity index (χ3v) is 3.42. The quantitative estimate of drug-likeness (QED) is 0.723. The number of likely N-dealkylation sites (N-methyl/N-ethyl adjacent to an activating group) is 1. The van der Waals surface area contributed by atoms with Crippen LogP contribution in [0.25, 0.3) is 0 Å². The van der Waals surface area contributed by atoms with Crippen LogP contribution in [-0.4, -0.2) is 37.0 Å². The molecule has 1 saturated carbocycles. The van der Waals surface area contributed by atoms with Crippen molar-refractivity contribution in [2.75, 3.05) is 20.1 Å². The summed E-state index contributed by atoms with van der Waals surface area (Å²) in [7, 11) is 1.91. The summed E-state index contributed by atoms with van der Waals surface area (Å²) in [6.07, 6.45) is 2.35. The number of amides is 1. The van der Waals surface area contributed by atoms with Gasteiger partial charge in [-0.3, -0.25) is 4.79 Å². The zero-order valence-electron chi connectivity index (χ0n) is 10.4. The van der Waals surface area contributed by atoms with Crippen molar-refractivity contribution >= 4 is 5.91 Å². The molecule has 0 aliphatic heterocycles. The maximum absolute atomic E-state index is 11.7. The van der Waals surface area contributed by atoms with Crippen LogP contribution < -0.4 is 5.32 Å². The average Bonchev–Trinajstić information content (AvgIpc) is 2.89. The molecule has 3 nitrogen and oxygen atoms in total. The van der Waals surface area contributed by atoms with Crippen molar-refractivity contribution in [3.05, 3.63) is 0 Å². The van der Waals surface area contributed by atoms with Gasteiger partial charge in [0.15, 0.2) is 0 Å². The second kappa shape index (κ2) is 5.50. The lowest BCUT2D eigenvalue weighted by molar-refractivity contribution is -0.129. The Bertz CT molecular complexity index is 218. The van der Waals surface area contributed by atoms with Gasteiger partial charge in [-0.1, -0.05) is 13.8 Å². The standard InChI is InChI=1S/C12H24N2O/c1-5-10(3)13-7-12(15)14(4)8-11-6-9(11)2/h9-11,13H,5-8H2,1-4H3. The fraction of sp³-hybridized carbons (Fsp3) is 0.917. The molecule has 1 aliphatic rings. The number of rotatable bonds is 6. The topological polar surface area (TPSA) is 32.3 Å². The monoisotopic (exact) mass is 212 g/mol. The molecule has 0 aromatic heterocycles. The van der Waals surface area contributed by atoms with E-state index in [9.17, 15) is 4.79 Å². The molecular weight excluding hydrogens is 188 g/mol. The molecule has 0 aromatic rings. The lowest BCUT2D eigenvalue weighted by Gasteiger charge is -2.19. The zero-order chi connectivity index (χ0) is 11.4. The second-order valence-electron chi connectivity index (χ2n) is 4.94. The first-order valence-electron chi connectivity index (χ1n) is 6.02. The fourth-order valence-corrected chi connectivity index (χ4v) is 1.65. The summed E-state index contributed by atoms with van der Waals surface area (Å²) in [5, 5.41) is 3.23. The molecule has 0 aromatic carbocycles. The van der Waals surface area contributed by atoms with Gasteiger partial charge in [0.05, 0.1) is 6.54 Å². The third-order valence-electron chi connectivity index (χ3n) is 3.42. The number of nitrogens with zero attached hydrogens (tertiary/aromatic N) is 1. The van der Waals surface area contributed by atoms with Crippen molar-refractivity contribution in [1.82, 2.24) is 10.2 Å². The van der Waals surface area contributed by atoms with Gasteiger partial charge in [-0.15, -0.1) is 0 Å². The molecule has 1 N–H and O–H groups in total. The Morgan fingerprint density at radius 1 is 1.60 bits per heavy atom. The Hall–Kier alpha value is -0.570. The van der Waals surface area contributed by atoms with E-state index in [0.29, 0.717) is 12.6 Å². The van der Waals surface area contributed by atoms with Crippen LogP contribution in [0.5, 0.6) is 0 Å². The molecule has 15 heavy (non-hydrogen) atoms. The van der Waals surface area contributed by atoms with Gasteiger partial charge < -0.3 is 10.2 Å². The minimum Gasteiger partial charge on any atom is -0.344 e. The first-order valence-corrected chi connectivity index (χ1v) is 6.02. The number of hydrogen-bond donors (Lipinski definition) is 1. The van der Waals surface area contributed by atoms with E-state index in [1.807, 2.05) is 11.9 Å². The predicted octanol–water partition coefficient (Wildman–Crippen LogP) is 1.49. The van der Waals surface area contributed by atoms with E-state index >= 15 is 0 Å². The van der Waals surface area contributed by atoms with Gasteiger partial charge in [0.1, 0.15) is 0 Å². The van der Waals surface area contributed by atoms with Crippen LogP contribution in [0.1, 0.15) is 33.6 Å². The highest BCUT2D eigenvalue weighted by Crippen LogP contribution is 2.37. The minimum absolute atomic E-state index is 0.217. The number of carbonyl (C=O) groups excluding carboxylic acids is 1. The Balaban J connectivity index is 2.15. The van der Waals surface area contributed by atoms with Crippen molar-refractivity contribution in [3.63, 3.8) is 0 Å². The summed E-state index contributed by atoms with van der Waals surface area (Å²) in [5.41, 5.74) is 0. The van der Waals surface area contributed by atoms with Crippen LogP contribution >= 0.6 is 0 Å². The fourth-order valence-electron chi connectivity index (χ4n) is 1.65. The van der Waals surface area contributed by atoms with Crippen LogP contribution in [0.3, 0.4) is 0 Å². The maximum Gasteiger partial charge on any atom is 0.236 e. The highest BCUT2D eigenvalue weighted by molar-refractivity contribution is 5.78. The van der Waals surface area contributed by atoms with Crippen LogP contribution in [-0.2, 0) is 4.79 Å². The molecule has 0 spiro atoms. The summed E-state index contributed by atoms with van der Waals surface area (Å²) in [6.45, 7) is 7.89. The summed E-state index contributed by atoms with van der Waals surface area (Å²) < 4.78 is 0. The molecule has 88 valence electrons. The second-order valence-corrected chi connectivity index (χ2v) is 4.94. The largest absolute Gasteiger partial charge is 0.344 e. The molecule has 1 rings (SSSR count). The number of hydrogen-bond acceptors (Lipinski definition) is 2. The van der Waals surface area contributed by atoms with Crippen molar-refractivity contribution in [2.24, 2.45) is 11.8 Å². The Kier molecular flexibility index (Phi) is 4.58. The van der Waals surface area contributed by atoms with E-state index < -0.39 is 0 Å². The highest BCUT2D eigenvalue weighted by Gasteiger charge is 2.33. The predicted molar refractivity (Wildman–Crippen MR) is 62.7 cm³/mol. The van der Waals surface area contributed by atoms with Crippen molar-refractivity contribution in [2.45, 2.75) is 39.7 Å². The average molecular weight is 212 g/mol. The van der Waals surface area contributed by atoms with E-state index in [4.69, 9.17) is 0 Å². The minimum atomic E-state index is 0.217. The van der Waals surface area contributed by atoms with Crippen LogP contribution in [0.15, 0.2) is 0 Å². The van der Waals surface area contributed by atoms with Crippen LogP contribution in [0.2, 0.25) is 0 Å². The van der Waals surface area contributed by atoms with E-state index in [0.717, 1.165) is 24.8 Å². The van der Waals surface area contributed by atoms with Crippen LogP contribution in [0, 0.1) is 11.8 Å². The zero-order valence-corrected chi connectivity index (χ0v) is 10.4. The molecular formula is C12H24N2O. The van der Waals surface area contributed by atoms with Gasteiger partial charge in [0.2, 0.25) is 5.91 Å². The van der Waals surface area contributed by atoms with E-state index in [-0.39, 0.29) is 5.91 Å². The van der Waals surface area contributed by atoms with Gasteiger partial charge in [-0.25, -0.2) is 0 Å². The van der Waals surface area contributed by atoms with E-state index in [1.165, 1.54) is 6.42 Å². The SMILES string of the molecule is CCC(C)NCC(=O)N(C)CC1CC1C. The molecule has 3 unspecified atom stereocenters. The Morgan fingerprint density at radius 3 is 2.67 bits per heavy atom. The molecule has 0 saturated heterocycles. The maximum atomic E-state index is 11.7. The summed E-state index contributed by atoms with van der Waals surface area (Å²) in [5.74, 6) is 1.79. The molecule has 0 bridgehead atoms. The number of nitrogens with one attached hydrogen (secondary N) is 1. The van der Waals surface area contributed by atoms with E-state index in [2.05, 4.69) is 26.1 Å². The third kappa shape index (κ3) is 4.20. The molecule has 1 aliphatic carbocycles. The van der Waals surface area contributed by atoms with Gasteiger partial charge in [0.25, 0.3) is 0 Å². The first-order chi connectivity index (χ1) is 7.04. The molecule has 1 fully saturated rings. The summed E-state index contributed by atoms with van der Waals surface area (Å²) in [4.78, 5) is 13.6. The van der Waals surface area contributed by atoms with Crippen molar-refractivity contribution < 1.29 is 4.79 Å². The van der Waals surface area contributed by atoms with Crippen LogP contribution in [0.4, 0.5) is 0 Å². The first kappa shape index (κ1) is 12.5. The normalized spacial score (nSPS) is 26.1. The summed E-state index contributed by atoms with van der Waals surface area (Å²) >= 11 is 0. The van der Waals surface area contributed by atoms with E-state index in [1.54, 1.807) is 0 Å². The molecule has 3 atom stereocenters. The molecule has 1 amide bonds. The molecule has 3 heteroatoms. The highest BCUT2D eigenvalue weighted by atomic mass is 16.2. The Morgan fingerprint density at radius 2 is 2.20 bits per heavy atom. The van der Waals surface area contributed by atoms with Crippen molar-refractivity contribution in [3.8, 4) is 0 Å². The lowest BCUT2D eigenvalue weighted by atomic mass is 10.2.